The van der Waals surface area contributed by atoms with Crippen LogP contribution in [0.15, 0.2) is 53.0 Å². The van der Waals surface area contributed by atoms with Crippen molar-refractivity contribution in [2.45, 2.75) is 50.5 Å². The van der Waals surface area contributed by atoms with E-state index in [0.29, 0.717) is 5.57 Å². The average molecular weight is 444 g/mol. The molecule has 164 valence electrons. The van der Waals surface area contributed by atoms with Crippen molar-refractivity contribution in [3.63, 3.8) is 0 Å². The van der Waals surface area contributed by atoms with Gasteiger partial charge in [0.2, 0.25) is 5.91 Å². The second-order valence-corrected chi connectivity index (χ2v) is 10.4. The number of benzene rings is 1. The lowest BCUT2D eigenvalue weighted by atomic mass is 9.64. The first-order valence-electron chi connectivity index (χ1n) is 10.3. The molecule has 1 fully saturated rings. The highest BCUT2D eigenvalue weighted by molar-refractivity contribution is 7.89. The molecule has 1 amide bonds. The number of ketones is 1. The number of hydrogen-bond acceptors (Lipinski definition) is 6. The summed E-state index contributed by atoms with van der Waals surface area (Å²) in [6.07, 6.45) is 4.84. The summed E-state index contributed by atoms with van der Waals surface area (Å²) in [5.74, 6) is -1.82. The molecule has 1 spiro atoms. The Bertz CT molecular complexity index is 1130. The number of fused-ring (bicyclic) bond motifs is 2. The number of ether oxygens (including phenoxy) is 1. The van der Waals surface area contributed by atoms with Gasteiger partial charge in [0.05, 0.1) is 22.5 Å². The molecule has 0 N–H and O–H groups in total. The van der Waals surface area contributed by atoms with E-state index in [1.807, 2.05) is 6.92 Å². The smallest absolute Gasteiger partial charge is 0.333 e. The van der Waals surface area contributed by atoms with Crippen molar-refractivity contribution < 1.29 is 27.5 Å². The van der Waals surface area contributed by atoms with Crippen LogP contribution in [0.5, 0.6) is 0 Å². The quantitative estimate of drug-likeness (QED) is 0.664. The molecule has 4 rings (SSSR count). The van der Waals surface area contributed by atoms with Crippen molar-refractivity contribution in [1.29, 1.82) is 0 Å². The van der Waals surface area contributed by atoms with Crippen molar-refractivity contribution in [3.05, 3.63) is 53.6 Å². The molecule has 0 bridgehead atoms. The Morgan fingerprint density at radius 1 is 1.23 bits per heavy atom. The van der Waals surface area contributed by atoms with E-state index in [-0.39, 0.29) is 36.5 Å². The second kappa shape index (κ2) is 7.15. The van der Waals surface area contributed by atoms with Gasteiger partial charge in [0, 0.05) is 17.9 Å². The van der Waals surface area contributed by atoms with Crippen molar-refractivity contribution in [1.82, 2.24) is 4.31 Å². The van der Waals surface area contributed by atoms with Gasteiger partial charge < -0.3 is 4.74 Å². The lowest BCUT2D eigenvalue weighted by molar-refractivity contribution is -0.139. The Balaban J connectivity index is 1.82. The minimum atomic E-state index is -4.18. The van der Waals surface area contributed by atoms with Crippen LogP contribution < -0.4 is 0 Å². The zero-order valence-electron chi connectivity index (χ0n) is 17.8. The first-order valence-corrected chi connectivity index (χ1v) is 11.7. The van der Waals surface area contributed by atoms with Crippen LogP contribution in [0.1, 0.15) is 38.7 Å². The van der Waals surface area contributed by atoms with Crippen LogP contribution in [0, 0.1) is 18.3 Å². The number of hydrogen-bond donors (Lipinski definition) is 0. The van der Waals surface area contributed by atoms with Crippen LogP contribution in [0.4, 0.5) is 0 Å². The summed E-state index contributed by atoms with van der Waals surface area (Å²) in [5, 5.41) is 0. The number of amides is 1. The van der Waals surface area contributed by atoms with Gasteiger partial charge in [0.1, 0.15) is 0 Å². The molecule has 1 saturated heterocycles. The van der Waals surface area contributed by atoms with Crippen LogP contribution in [-0.4, -0.2) is 42.5 Å². The number of sulfonamides is 1. The van der Waals surface area contributed by atoms with Gasteiger partial charge >= 0.3 is 5.97 Å². The van der Waals surface area contributed by atoms with E-state index < -0.39 is 38.8 Å². The number of allylic oxidation sites excluding steroid dienone is 2. The molecule has 3 atom stereocenters. The predicted octanol–water partition coefficient (Wildman–Crippen LogP) is 2.70. The van der Waals surface area contributed by atoms with Crippen LogP contribution in [0.2, 0.25) is 0 Å². The van der Waals surface area contributed by atoms with Crippen molar-refractivity contribution in [2.24, 2.45) is 11.3 Å². The maximum absolute atomic E-state index is 13.8. The number of carbonyl (C=O) groups excluding carboxylic acids is 3. The minimum absolute atomic E-state index is 0.0188. The predicted molar refractivity (Wildman–Crippen MR) is 112 cm³/mol. The molecule has 3 aliphatic rings. The van der Waals surface area contributed by atoms with Gasteiger partial charge in [-0.1, -0.05) is 29.8 Å². The molecule has 8 heteroatoms. The Morgan fingerprint density at radius 2 is 1.90 bits per heavy atom. The van der Waals surface area contributed by atoms with E-state index in [4.69, 9.17) is 4.74 Å². The summed E-state index contributed by atoms with van der Waals surface area (Å²) in [7, 11) is -4.18. The summed E-state index contributed by atoms with van der Waals surface area (Å²) < 4.78 is 33.3. The topological polar surface area (TPSA) is 97.8 Å². The number of nitrogens with zero attached hydrogens (tertiary/aromatic N) is 1. The minimum Gasteiger partial charge on any atom is -0.463 e. The van der Waals surface area contributed by atoms with Crippen molar-refractivity contribution >= 4 is 27.7 Å². The fourth-order valence-electron chi connectivity index (χ4n) is 5.17. The molecule has 0 unspecified atom stereocenters. The number of aryl methyl sites for hydroxylation is 1. The van der Waals surface area contributed by atoms with Gasteiger partial charge in [0.15, 0.2) is 5.78 Å². The molecule has 7 nitrogen and oxygen atoms in total. The Labute approximate surface area is 181 Å². The highest BCUT2D eigenvalue weighted by Gasteiger charge is 2.68. The van der Waals surface area contributed by atoms with Crippen LogP contribution >= 0.6 is 0 Å². The molecule has 0 aromatic heterocycles. The second-order valence-electron chi connectivity index (χ2n) is 8.66. The van der Waals surface area contributed by atoms with E-state index in [9.17, 15) is 22.8 Å². The van der Waals surface area contributed by atoms with E-state index in [2.05, 4.69) is 0 Å². The van der Waals surface area contributed by atoms with Gasteiger partial charge in [-0.25, -0.2) is 17.5 Å². The molecule has 0 radical (unpaired) electrons. The Morgan fingerprint density at radius 3 is 2.55 bits per heavy atom. The normalized spacial score (nSPS) is 30.0. The highest BCUT2D eigenvalue weighted by Crippen LogP contribution is 2.60. The third kappa shape index (κ3) is 3.07. The molecular formula is C23H25NO6S. The molecule has 1 heterocycles. The van der Waals surface area contributed by atoms with E-state index >= 15 is 0 Å². The average Bonchev–Trinajstić information content (AvgIpc) is 3.23. The zero-order valence-corrected chi connectivity index (χ0v) is 18.6. The van der Waals surface area contributed by atoms with Gasteiger partial charge in [0.25, 0.3) is 10.0 Å². The number of esters is 1. The van der Waals surface area contributed by atoms with Gasteiger partial charge in [-0.2, -0.15) is 0 Å². The van der Waals surface area contributed by atoms with Crippen LogP contribution in [0.3, 0.4) is 0 Å². The number of carbonyl (C=O) groups is 3. The van der Waals surface area contributed by atoms with Gasteiger partial charge in [-0.15, -0.1) is 0 Å². The molecule has 1 aliphatic heterocycles. The van der Waals surface area contributed by atoms with Crippen molar-refractivity contribution in [2.75, 3.05) is 6.61 Å². The SMILES string of the molecule is CCOC(=O)C1=CC[C@@]2(C1)C(=O)N(S(=O)(=O)c1ccc(C)cc1)[C@@]1(C)C=CC(=O)C[C@@H]21. The molecule has 1 aromatic carbocycles. The molecular weight excluding hydrogens is 418 g/mol. The molecule has 31 heavy (non-hydrogen) atoms. The largest absolute Gasteiger partial charge is 0.463 e. The summed E-state index contributed by atoms with van der Waals surface area (Å²) in [6.45, 7) is 5.43. The maximum atomic E-state index is 13.8. The van der Waals surface area contributed by atoms with Crippen LogP contribution in [0.25, 0.3) is 0 Å². The van der Waals surface area contributed by atoms with Gasteiger partial charge in [-0.3, -0.25) is 9.59 Å². The van der Waals surface area contributed by atoms with Crippen molar-refractivity contribution in [3.8, 4) is 0 Å². The number of rotatable bonds is 4. The van der Waals surface area contributed by atoms with Crippen LogP contribution in [-0.2, 0) is 29.1 Å². The van der Waals surface area contributed by atoms with E-state index in [1.165, 1.54) is 24.3 Å². The monoisotopic (exact) mass is 443 g/mol. The Hall–Kier alpha value is -2.74. The first kappa shape index (κ1) is 21.5. The zero-order chi connectivity index (χ0) is 22.6. The third-order valence-electron chi connectivity index (χ3n) is 6.75. The fourth-order valence-corrected chi connectivity index (χ4v) is 6.97. The molecule has 2 aliphatic carbocycles. The van der Waals surface area contributed by atoms with E-state index in [1.54, 1.807) is 32.1 Å². The lowest BCUT2D eigenvalue weighted by Gasteiger charge is -2.39. The third-order valence-corrected chi connectivity index (χ3v) is 8.66. The first-order chi connectivity index (χ1) is 14.6. The molecule has 0 saturated carbocycles. The Kier molecular flexibility index (Phi) is 4.96. The summed E-state index contributed by atoms with van der Waals surface area (Å²) in [4.78, 5) is 38.5. The highest BCUT2D eigenvalue weighted by atomic mass is 32.2. The fraction of sp³-hybridized carbons (Fsp3) is 0.435. The summed E-state index contributed by atoms with van der Waals surface area (Å²) >= 11 is 0. The lowest BCUT2D eigenvalue weighted by Crippen LogP contribution is -2.50. The summed E-state index contributed by atoms with van der Waals surface area (Å²) in [5.41, 5.74) is -1.12. The standard InChI is InChI=1S/C23H25NO6S/c1-4-30-20(26)16-9-12-23(14-16)19-13-17(25)10-11-22(19,3)24(21(23)27)31(28,29)18-7-5-15(2)6-8-18/h5-11,19H,4,12-14H2,1-3H3/t19-,22+,23+/m1/s1. The van der Waals surface area contributed by atoms with E-state index in [0.717, 1.165) is 9.87 Å². The maximum Gasteiger partial charge on any atom is 0.333 e. The molecule has 1 aromatic rings. The summed E-state index contributed by atoms with van der Waals surface area (Å²) in [6, 6.07) is 6.32. The van der Waals surface area contributed by atoms with Gasteiger partial charge in [-0.05, 0) is 51.8 Å².